The van der Waals surface area contributed by atoms with Crippen LogP contribution >= 0.6 is 0 Å². The van der Waals surface area contributed by atoms with Gasteiger partial charge in [-0.2, -0.15) is 5.26 Å². The van der Waals surface area contributed by atoms with E-state index in [2.05, 4.69) is 4.98 Å². The number of aromatic nitrogens is 2. The van der Waals surface area contributed by atoms with Crippen molar-refractivity contribution in [2.24, 2.45) is 0 Å². The predicted octanol–water partition coefficient (Wildman–Crippen LogP) is 0.934. The number of ether oxygens (including phenoxy) is 1. The van der Waals surface area contributed by atoms with Crippen LogP contribution in [0.25, 0.3) is 0 Å². The van der Waals surface area contributed by atoms with Crippen molar-refractivity contribution < 1.29 is 4.74 Å². The van der Waals surface area contributed by atoms with Crippen molar-refractivity contribution in [2.45, 2.75) is 25.5 Å². The van der Waals surface area contributed by atoms with Gasteiger partial charge in [0.25, 0.3) is 0 Å². The van der Waals surface area contributed by atoms with E-state index in [1.54, 1.807) is 6.20 Å². The largest absolute Gasteiger partial charge is 0.376 e. The van der Waals surface area contributed by atoms with Gasteiger partial charge >= 0.3 is 0 Å². The number of hydrogen-bond donors (Lipinski definition) is 0. The summed E-state index contributed by atoms with van der Waals surface area (Å²) in [5.74, 6) is 0.468. The van der Waals surface area contributed by atoms with Gasteiger partial charge < -0.3 is 9.30 Å². The molecule has 1 aliphatic heterocycles. The summed E-state index contributed by atoms with van der Waals surface area (Å²) in [4.78, 5) is 3.92. The summed E-state index contributed by atoms with van der Waals surface area (Å²) in [5.41, 5.74) is 0. The van der Waals surface area contributed by atoms with E-state index in [1.807, 2.05) is 16.8 Å². The molecule has 0 spiro atoms. The molecule has 68 valence electrons. The monoisotopic (exact) mass is 177 g/mol. The van der Waals surface area contributed by atoms with Crippen LogP contribution in [0.5, 0.6) is 0 Å². The van der Waals surface area contributed by atoms with Gasteiger partial charge in [0.1, 0.15) is 6.07 Å². The quantitative estimate of drug-likeness (QED) is 0.675. The molecule has 0 N–H and O–H groups in total. The van der Waals surface area contributed by atoms with Crippen LogP contribution in [0.3, 0.4) is 0 Å². The van der Waals surface area contributed by atoms with Gasteiger partial charge in [-0.1, -0.05) is 0 Å². The fraction of sp³-hybridized carbons (Fsp3) is 0.556. The van der Waals surface area contributed by atoms with Crippen LogP contribution in [-0.4, -0.2) is 22.3 Å². The molecule has 4 heteroatoms. The zero-order chi connectivity index (χ0) is 9.10. The minimum Gasteiger partial charge on any atom is -0.376 e. The van der Waals surface area contributed by atoms with E-state index in [4.69, 9.17) is 10.00 Å². The number of nitrogens with zero attached hydrogens (tertiary/aromatic N) is 3. The van der Waals surface area contributed by atoms with Gasteiger partial charge in [0.2, 0.25) is 5.82 Å². The van der Waals surface area contributed by atoms with E-state index in [0.29, 0.717) is 5.82 Å². The Hall–Kier alpha value is -1.34. The fourth-order valence-corrected chi connectivity index (χ4v) is 1.58. The molecule has 1 aromatic heterocycles. The Bertz CT molecular complexity index is 320. The molecule has 0 bridgehead atoms. The first kappa shape index (κ1) is 8.27. The highest BCUT2D eigenvalue weighted by molar-refractivity contribution is 5.11. The van der Waals surface area contributed by atoms with Crippen molar-refractivity contribution in [1.29, 1.82) is 5.26 Å². The molecule has 2 rings (SSSR count). The number of nitriles is 1. The topological polar surface area (TPSA) is 50.8 Å². The van der Waals surface area contributed by atoms with Crippen LogP contribution in [0.4, 0.5) is 0 Å². The molecule has 1 atom stereocenters. The second-order valence-corrected chi connectivity index (χ2v) is 3.15. The minimum atomic E-state index is 0.265. The molecule has 2 heterocycles. The molecular formula is C9H11N3O. The lowest BCUT2D eigenvalue weighted by Crippen LogP contribution is -2.15. The molecule has 13 heavy (non-hydrogen) atoms. The van der Waals surface area contributed by atoms with E-state index >= 15 is 0 Å². The summed E-state index contributed by atoms with van der Waals surface area (Å²) < 4.78 is 7.31. The average molecular weight is 177 g/mol. The Balaban J connectivity index is 2.04. The standard InChI is InChI=1S/C9H11N3O/c10-6-9-11-3-4-12(9)7-8-2-1-5-13-8/h3-4,8H,1-2,5,7H2. The molecule has 0 amide bonds. The highest BCUT2D eigenvalue weighted by Crippen LogP contribution is 2.14. The molecule has 1 aliphatic rings. The van der Waals surface area contributed by atoms with Gasteiger partial charge in [-0.25, -0.2) is 4.98 Å². The predicted molar refractivity (Wildman–Crippen MR) is 45.9 cm³/mol. The second kappa shape index (κ2) is 3.58. The fourth-order valence-electron chi connectivity index (χ4n) is 1.58. The third-order valence-electron chi connectivity index (χ3n) is 2.24. The number of hydrogen-bond acceptors (Lipinski definition) is 3. The van der Waals surface area contributed by atoms with E-state index in [-0.39, 0.29) is 6.10 Å². The zero-order valence-electron chi connectivity index (χ0n) is 7.31. The van der Waals surface area contributed by atoms with Crippen LogP contribution in [0.15, 0.2) is 12.4 Å². The summed E-state index contributed by atoms with van der Waals surface area (Å²) in [7, 11) is 0. The average Bonchev–Trinajstić information content (AvgIpc) is 2.76. The van der Waals surface area contributed by atoms with Crippen molar-refractivity contribution in [3.05, 3.63) is 18.2 Å². The molecule has 0 aliphatic carbocycles. The van der Waals surface area contributed by atoms with Crippen molar-refractivity contribution in [3.63, 3.8) is 0 Å². The molecule has 0 aromatic carbocycles. The maximum absolute atomic E-state index is 8.71. The number of rotatable bonds is 2. The van der Waals surface area contributed by atoms with Crippen molar-refractivity contribution in [1.82, 2.24) is 9.55 Å². The highest BCUT2D eigenvalue weighted by Gasteiger charge is 2.16. The van der Waals surface area contributed by atoms with Gasteiger partial charge in [0.15, 0.2) is 0 Å². The third kappa shape index (κ3) is 1.70. The van der Waals surface area contributed by atoms with Crippen molar-refractivity contribution in [3.8, 4) is 6.07 Å². The lowest BCUT2D eigenvalue weighted by Gasteiger charge is -2.09. The highest BCUT2D eigenvalue weighted by atomic mass is 16.5. The molecule has 1 unspecified atom stereocenters. The van der Waals surface area contributed by atoms with Crippen LogP contribution in [0, 0.1) is 11.3 Å². The first-order valence-corrected chi connectivity index (χ1v) is 4.43. The Morgan fingerprint density at radius 2 is 2.69 bits per heavy atom. The maximum atomic E-state index is 8.71. The van der Waals surface area contributed by atoms with Crippen LogP contribution < -0.4 is 0 Å². The molecule has 1 saturated heterocycles. The van der Waals surface area contributed by atoms with E-state index < -0.39 is 0 Å². The number of imidazole rings is 1. The Kier molecular flexibility index (Phi) is 2.28. The van der Waals surface area contributed by atoms with Gasteiger partial charge in [-0.15, -0.1) is 0 Å². The molecule has 0 saturated carbocycles. The van der Waals surface area contributed by atoms with E-state index in [9.17, 15) is 0 Å². The van der Waals surface area contributed by atoms with Crippen LogP contribution in [-0.2, 0) is 11.3 Å². The van der Waals surface area contributed by atoms with Gasteiger partial charge in [0.05, 0.1) is 12.6 Å². The molecule has 4 nitrogen and oxygen atoms in total. The third-order valence-corrected chi connectivity index (χ3v) is 2.24. The Morgan fingerprint density at radius 3 is 3.38 bits per heavy atom. The first-order chi connectivity index (χ1) is 6.40. The summed E-state index contributed by atoms with van der Waals surface area (Å²) in [6.07, 6.45) is 5.94. The van der Waals surface area contributed by atoms with Gasteiger partial charge in [-0.05, 0) is 12.8 Å². The lowest BCUT2D eigenvalue weighted by molar-refractivity contribution is 0.0968. The van der Waals surface area contributed by atoms with Crippen molar-refractivity contribution >= 4 is 0 Å². The Morgan fingerprint density at radius 1 is 1.77 bits per heavy atom. The zero-order valence-corrected chi connectivity index (χ0v) is 7.31. The second-order valence-electron chi connectivity index (χ2n) is 3.15. The molecular weight excluding hydrogens is 166 g/mol. The SMILES string of the molecule is N#Cc1nccn1CC1CCCO1. The Labute approximate surface area is 76.8 Å². The van der Waals surface area contributed by atoms with Gasteiger partial charge in [0, 0.05) is 19.0 Å². The van der Waals surface area contributed by atoms with Gasteiger partial charge in [-0.3, -0.25) is 0 Å². The van der Waals surface area contributed by atoms with Crippen LogP contribution in [0.1, 0.15) is 18.7 Å². The smallest absolute Gasteiger partial charge is 0.212 e. The van der Waals surface area contributed by atoms with Crippen molar-refractivity contribution in [2.75, 3.05) is 6.61 Å². The van der Waals surface area contributed by atoms with E-state index in [1.165, 1.54) is 0 Å². The molecule has 1 fully saturated rings. The summed E-state index contributed by atoms with van der Waals surface area (Å²) in [6.45, 7) is 1.60. The normalized spacial score (nSPS) is 21.6. The van der Waals surface area contributed by atoms with E-state index in [0.717, 1.165) is 26.0 Å². The minimum absolute atomic E-state index is 0.265. The summed E-state index contributed by atoms with van der Waals surface area (Å²) in [5, 5.41) is 8.71. The maximum Gasteiger partial charge on any atom is 0.212 e. The summed E-state index contributed by atoms with van der Waals surface area (Å²) in [6, 6.07) is 2.05. The molecule has 0 radical (unpaired) electrons. The molecule has 1 aromatic rings. The summed E-state index contributed by atoms with van der Waals surface area (Å²) >= 11 is 0. The first-order valence-electron chi connectivity index (χ1n) is 4.43. The lowest BCUT2D eigenvalue weighted by atomic mass is 10.2. The van der Waals surface area contributed by atoms with Crippen LogP contribution in [0.2, 0.25) is 0 Å².